The maximum Gasteiger partial charge on any atom is 0.236 e. The lowest BCUT2D eigenvalue weighted by atomic mass is 9.84. The topological polar surface area (TPSA) is 23.6 Å². The van der Waals surface area contributed by atoms with Crippen molar-refractivity contribution in [2.24, 2.45) is 0 Å². The van der Waals surface area contributed by atoms with Crippen LogP contribution in [0.3, 0.4) is 0 Å². The molecule has 0 radical (unpaired) electrons. The molecule has 2 aromatic carbocycles. The number of fused-ring (bicyclic) bond motifs is 1. The lowest BCUT2D eigenvalue weighted by molar-refractivity contribution is -0.133. The third-order valence-electron chi connectivity index (χ3n) is 5.53. The molecule has 0 bridgehead atoms. The number of carbonyl (C=O) groups excluding carboxylic acids is 1. The molecule has 1 saturated heterocycles. The standard InChI is InChI=1S/C22H26N2O/c25-22(24-13-7-2-8-14-24)17-23-15-19-11-5-6-12-20(19)21(16-23)18-9-3-1-4-10-18/h1,3-6,9-12,21H,2,7-8,13-17H2. The van der Waals surface area contributed by atoms with Gasteiger partial charge in [0.15, 0.2) is 0 Å². The molecule has 1 unspecified atom stereocenters. The first-order valence-electron chi connectivity index (χ1n) is 9.44. The minimum absolute atomic E-state index is 0.297. The maximum absolute atomic E-state index is 12.7. The van der Waals surface area contributed by atoms with Gasteiger partial charge in [-0.15, -0.1) is 0 Å². The van der Waals surface area contributed by atoms with Crippen LogP contribution in [0.5, 0.6) is 0 Å². The van der Waals surface area contributed by atoms with Gasteiger partial charge in [0.25, 0.3) is 0 Å². The molecule has 1 fully saturated rings. The fraction of sp³-hybridized carbons (Fsp3) is 0.409. The summed E-state index contributed by atoms with van der Waals surface area (Å²) in [6.45, 7) is 4.20. The van der Waals surface area contributed by atoms with Crippen LogP contribution in [-0.2, 0) is 11.3 Å². The lowest BCUT2D eigenvalue weighted by Crippen LogP contribution is -2.45. The van der Waals surface area contributed by atoms with E-state index < -0.39 is 0 Å². The van der Waals surface area contributed by atoms with E-state index in [1.807, 2.05) is 0 Å². The lowest BCUT2D eigenvalue weighted by Gasteiger charge is -2.36. The molecule has 0 aliphatic carbocycles. The van der Waals surface area contributed by atoms with Crippen molar-refractivity contribution in [1.29, 1.82) is 0 Å². The maximum atomic E-state index is 12.7. The number of likely N-dealkylation sites (tertiary alicyclic amines) is 1. The second kappa shape index (κ2) is 7.40. The number of nitrogens with zero attached hydrogens (tertiary/aromatic N) is 2. The van der Waals surface area contributed by atoms with Crippen LogP contribution in [0.15, 0.2) is 54.6 Å². The van der Waals surface area contributed by atoms with Gasteiger partial charge in [0, 0.05) is 32.1 Å². The summed E-state index contributed by atoms with van der Waals surface area (Å²) >= 11 is 0. The van der Waals surface area contributed by atoms with Gasteiger partial charge in [-0.05, 0) is 36.0 Å². The van der Waals surface area contributed by atoms with Gasteiger partial charge in [-0.3, -0.25) is 9.69 Å². The largest absolute Gasteiger partial charge is 0.342 e. The number of carbonyl (C=O) groups is 1. The Hall–Kier alpha value is -2.13. The predicted molar refractivity (Wildman–Crippen MR) is 100 cm³/mol. The molecule has 25 heavy (non-hydrogen) atoms. The minimum Gasteiger partial charge on any atom is -0.342 e. The van der Waals surface area contributed by atoms with Crippen molar-refractivity contribution in [3.63, 3.8) is 0 Å². The van der Waals surface area contributed by atoms with Gasteiger partial charge in [0.2, 0.25) is 5.91 Å². The molecule has 0 aromatic heterocycles. The molecular formula is C22H26N2O. The van der Waals surface area contributed by atoms with Crippen LogP contribution in [0.25, 0.3) is 0 Å². The van der Waals surface area contributed by atoms with E-state index in [4.69, 9.17) is 0 Å². The monoisotopic (exact) mass is 334 g/mol. The first-order valence-corrected chi connectivity index (χ1v) is 9.44. The molecule has 0 saturated carbocycles. The van der Waals surface area contributed by atoms with E-state index in [-0.39, 0.29) is 0 Å². The zero-order chi connectivity index (χ0) is 17.1. The molecule has 1 amide bonds. The molecule has 130 valence electrons. The van der Waals surface area contributed by atoms with Gasteiger partial charge in [0.05, 0.1) is 6.54 Å². The Morgan fingerprint density at radius 1 is 0.920 bits per heavy atom. The number of rotatable bonds is 3. The highest BCUT2D eigenvalue weighted by Crippen LogP contribution is 2.33. The first kappa shape index (κ1) is 16.3. The summed E-state index contributed by atoms with van der Waals surface area (Å²) in [4.78, 5) is 17.1. The van der Waals surface area contributed by atoms with E-state index >= 15 is 0 Å². The molecule has 3 heteroatoms. The summed E-state index contributed by atoms with van der Waals surface area (Å²) < 4.78 is 0. The summed E-state index contributed by atoms with van der Waals surface area (Å²) in [6, 6.07) is 19.4. The van der Waals surface area contributed by atoms with Crippen molar-refractivity contribution < 1.29 is 4.79 Å². The Balaban J connectivity index is 1.54. The number of piperidine rings is 1. The Morgan fingerprint density at radius 2 is 1.64 bits per heavy atom. The SMILES string of the molecule is O=C(CN1Cc2ccccc2C(c2ccccc2)C1)N1CCCCC1. The number of hydrogen-bond acceptors (Lipinski definition) is 2. The average molecular weight is 334 g/mol. The van der Waals surface area contributed by atoms with Crippen LogP contribution in [0, 0.1) is 0 Å². The zero-order valence-corrected chi connectivity index (χ0v) is 14.7. The Morgan fingerprint density at radius 3 is 2.44 bits per heavy atom. The summed E-state index contributed by atoms with van der Waals surface area (Å²) in [5, 5.41) is 0. The fourth-order valence-corrected chi connectivity index (χ4v) is 4.21. The second-order valence-electron chi connectivity index (χ2n) is 7.27. The third-order valence-corrected chi connectivity index (χ3v) is 5.53. The molecule has 2 heterocycles. The molecule has 3 nitrogen and oxygen atoms in total. The van der Waals surface area contributed by atoms with E-state index in [0.717, 1.165) is 39.0 Å². The fourth-order valence-electron chi connectivity index (χ4n) is 4.21. The summed E-state index contributed by atoms with van der Waals surface area (Å²) in [6.07, 6.45) is 3.57. The molecule has 0 spiro atoms. The smallest absolute Gasteiger partial charge is 0.236 e. The molecule has 1 atom stereocenters. The van der Waals surface area contributed by atoms with Crippen molar-refractivity contribution in [3.8, 4) is 0 Å². The Labute approximate surface area is 150 Å². The van der Waals surface area contributed by atoms with Gasteiger partial charge in [-0.25, -0.2) is 0 Å². The van der Waals surface area contributed by atoms with Gasteiger partial charge in [0.1, 0.15) is 0 Å². The summed E-state index contributed by atoms with van der Waals surface area (Å²) in [5.74, 6) is 0.645. The first-order chi connectivity index (χ1) is 12.3. The van der Waals surface area contributed by atoms with E-state index in [9.17, 15) is 4.79 Å². The number of amides is 1. The number of benzene rings is 2. The van der Waals surface area contributed by atoms with Gasteiger partial charge < -0.3 is 4.90 Å². The molecule has 2 aliphatic rings. The van der Waals surface area contributed by atoms with E-state index in [2.05, 4.69) is 64.4 Å². The molecule has 2 aliphatic heterocycles. The highest BCUT2D eigenvalue weighted by molar-refractivity contribution is 5.78. The van der Waals surface area contributed by atoms with Gasteiger partial charge in [-0.2, -0.15) is 0 Å². The molecule has 0 N–H and O–H groups in total. The van der Waals surface area contributed by atoms with Crippen LogP contribution < -0.4 is 0 Å². The van der Waals surface area contributed by atoms with Gasteiger partial charge in [-0.1, -0.05) is 54.6 Å². The molecule has 4 rings (SSSR count). The molecule has 2 aromatic rings. The van der Waals surface area contributed by atoms with Crippen LogP contribution in [0.4, 0.5) is 0 Å². The van der Waals surface area contributed by atoms with E-state index in [1.165, 1.54) is 23.1 Å². The predicted octanol–water partition coefficient (Wildman–Crippen LogP) is 3.65. The normalized spacial score (nSPS) is 21.0. The van der Waals surface area contributed by atoms with Crippen molar-refractivity contribution in [1.82, 2.24) is 9.80 Å². The Kier molecular flexibility index (Phi) is 4.84. The van der Waals surface area contributed by atoms with Crippen molar-refractivity contribution in [3.05, 3.63) is 71.3 Å². The average Bonchev–Trinajstić information content (AvgIpc) is 2.68. The quantitative estimate of drug-likeness (QED) is 0.855. The van der Waals surface area contributed by atoms with Crippen LogP contribution >= 0.6 is 0 Å². The van der Waals surface area contributed by atoms with Crippen LogP contribution in [0.2, 0.25) is 0 Å². The Bertz CT molecular complexity index is 722. The minimum atomic E-state index is 0.297. The van der Waals surface area contributed by atoms with Crippen LogP contribution in [-0.4, -0.2) is 41.9 Å². The highest BCUT2D eigenvalue weighted by atomic mass is 16.2. The van der Waals surface area contributed by atoms with E-state index in [0.29, 0.717) is 18.4 Å². The van der Waals surface area contributed by atoms with Gasteiger partial charge >= 0.3 is 0 Å². The summed E-state index contributed by atoms with van der Waals surface area (Å²) in [5.41, 5.74) is 4.11. The third kappa shape index (κ3) is 3.62. The van der Waals surface area contributed by atoms with Crippen molar-refractivity contribution in [2.75, 3.05) is 26.2 Å². The molecular weight excluding hydrogens is 308 g/mol. The van der Waals surface area contributed by atoms with Crippen LogP contribution in [0.1, 0.15) is 41.9 Å². The zero-order valence-electron chi connectivity index (χ0n) is 14.7. The second-order valence-corrected chi connectivity index (χ2v) is 7.27. The van der Waals surface area contributed by atoms with Crippen molar-refractivity contribution in [2.45, 2.75) is 31.7 Å². The van der Waals surface area contributed by atoms with Crippen molar-refractivity contribution >= 4 is 5.91 Å². The highest BCUT2D eigenvalue weighted by Gasteiger charge is 2.28. The number of hydrogen-bond donors (Lipinski definition) is 0. The van der Waals surface area contributed by atoms with E-state index in [1.54, 1.807) is 0 Å². The summed E-state index contributed by atoms with van der Waals surface area (Å²) in [7, 11) is 0.